The van der Waals surface area contributed by atoms with Gasteiger partial charge >= 0.3 is 0 Å². The summed E-state index contributed by atoms with van der Waals surface area (Å²) in [5.74, 6) is 0. The maximum Gasteiger partial charge on any atom is 0.0994 e. The number of hydrogen-bond donors (Lipinski definition) is 0. The highest BCUT2D eigenvalue weighted by atomic mass is 14.2. The van der Waals surface area contributed by atoms with Crippen molar-refractivity contribution in [1.29, 1.82) is 5.26 Å². The van der Waals surface area contributed by atoms with Crippen LogP contribution in [0.2, 0.25) is 0 Å². The minimum atomic E-state index is 0.650. The Morgan fingerprint density at radius 1 is 1.24 bits per heavy atom. The fraction of sp³-hybridized carbons (Fsp3) is 0.0625. The first-order chi connectivity index (χ1) is 8.27. The third kappa shape index (κ3) is 4.36. The van der Waals surface area contributed by atoms with Crippen LogP contribution >= 0.6 is 0 Å². The first-order valence-corrected chi connectivity index (χ1v) is 5.41. The van der Waals surface area contributed by atoms with Gasteiger partial charge in [-0.15, -0.1) is 0 Å². The molecule has 0 atom stereocenters. The minimum absolute atomic E-state index is 0.650. The number of rotatable bonds is 4. The summed E-state index contributed by atoms with van der Waals surface area (Å²) >= 11 is 0. The second-order valence-electron chi connectivity index (χ2n) is 3.55. The van der Waals surface area contributed by atoms with E-state index in [0.717, 1.165) is 11.1 Å². The van der Waals surface area contributed by atoms with E-state index in [9.17, 15) is 0 Å². The van der Waals surface area contributed by atoms with E-state index in [1.165, 1.54) is 0 Å². The van der Waals surface area contributed by atoms with Crippen LogP contribution in [0.4, 0.5) is 0 Å². The summed E-state index contributed by atoms with van der Waals surface area (Å²) < 4.78 is 0. The molecule has 0 heterocycles. The molecule has 0 saturated carbocycles. The largest absolute Gasteiger partial charge is 0.192 e. The standard InChI is InChI=1S/C16H15N/c1-3-4-10-16(13-17)14(2)11-12-15-8-6-5-7-9-15/h3-12H,1H2,2H3. The summed E-state index contributed by atoms with van der Waals surface area (Å²) in [6.45, 7) is 5.51. The van der Waals surface area contributed by atoms with Crippen molar-refractivity contribution in [3.05, 3.63) is 77.9 Å². The smallest absolute Gasteiger partial charge is 0.0994 e. The van der Waals surface area contributed by atoms with E-state index in [1.807, 2.05) is 49.4 Å². The Kier molecular flexibility index (Phi) is 5.27. The van der Waals surface area contributed by atoms with E-state index in [4.69, 9.17) is 5.26 Å². The molecule has 0 unspecified atom stereocenters. The van der Waals surface area contributed by atoms with Gasteiger partial charge in [-0.3, -0.25) is 0 Å². The molecule has 0 bridgehead atoms. The van der Waals surface area contributed by atoms with Crippen molar-refractivity contribution in [1.82, 2.24) is 0 Å². The molecule has 0 N–H and O–H groups in total. The highest BCUT2D eigenvalue weighted by Crippen LogP contribution is 2.09. The highest BCUT2D eigenvalue weighted by Gasteiger charge is 1.93. The van der Waals surface area contributed by atoms with Crippen molar-refractivity contribution < 1.29 is 0 Å². The maximum absolute atomic E-state index is 8.99. The third-order valence-electron chi connectivity index (χ3n) is 2.27. The molecule has 0 radical (unpaired) electrons. The van der Waals surface area contributed by atoms with Gasteiger partial charge < -0.3 is 0 Å². The van der Waals surface area contributed by atoms with Crippen LogP contribution in [-0.2, 0) is 0 Å². The second-order valence-corrected chi connectivity index (χ2v) is 3.55. The van der Waals surface area contributed by atoms with Crippen molar-refractivity contribution in [3.63, 3.8) is 0 Å². The van der Waals surface area contributed by atoms with Crippen LogP contribution in [0.25, 0.3) is 6.08 Å². The van der Waals surface area contributed by atoms with Crippen molar-refractivity contribution in [2.24, 2.45) is 0 Å². The van der Waals surface area contributed by atoms with Crippen molar-refractivity contribution in [3.8, 4) is 6.07 Å². The normalized spacial score (nSPS) is 12.5. The van der Waals surface area contributed by atoms with Crippen LogP contribution in [-0.4, -0.2) is 0 Å². The summed E-state index contributed by atoms with van der Waals surface area (Å²) in [6, 6.07) is 12.2. The quantitative estimate of drug-likeness (QED) is 0.550. The first-order valence-electron chi connectivity index (χ1n) is 5.41. The fourth-order valence-corrected chi connectivity index (χ4v) is 1.30. The minimum Gasteiger partial charge on any atom is -0.192 e. The topological polar surface area (TPSA) is 23.8 Å². The van der Waals surface area contributed by atoms with Gasteiger partial charge in [0, 0.05) is 0 Å². The van der Waals surface area contributed by atoms with E-state index in [2.05, 4.69) is 12.6 Å². The Balaban J connectivity index is 2.90. The molecule has 0 aromatic heterocycles. The third-order valence-corrected chi connectivity index (χ3v) is 2.27. The second kappa shape index (κ2) is 7.03. The molecule has 0 aliphatic carbocycles. The molecule has 1 nitrogen and oxygen atoms in total. The number of benzene rings is 1. The van der Waals surface area contributed by atoms with Crippen molar-refractivity contribution in [2.75, 3.05) is 0 Å². The summed E-state index contributed by atoms with van der Waals surface area (Å²) in [4.78, 5) is 0. The lowest BCUT2D eigenvalue weighted by molar-refractivity contribution is 1.42. The monoisotopic (exact) mass is 221 g/mol. The Morgan fingerprint density at radius 3 is 2.53 bits per heavy atom. The Bertz CT molecular complexity index is 496. The number of hydrogen-bond acceptors (Lipinski definition) is 1. The van der Waals surface area contributed by atoms with Crippen LogP contribution in [0.5, 0.6) is 0 Å². The molecule has 0 spiro atoms. The van der Waals surface area contributed by atoms with Gasteiger partial charge in [0.15, 0.2) is 0 Å². The molecular weight excluding hydrogens is 206 g/mol. The van der Waals surface area contributed by atoms with Gasteiger partial charge in [-0.1, -0.05) is 61.2 Å². The lowest BCUT2D eigenvalue weighted by Gasteiger charge is -1.95. The molecule has 0 aliphatic rings. The lowest BCUT2D eigenvalue weighted by atomic mass is 10.1. The Labute approximate surface area is 103 Å². The SMILES string of the molecule is C=CC=CC(C#N)=C(C)C=Cc1ccccc1. The molecule has 1 rings (SSSR count). The molecule has 1 heteroatoms. The molecule has 1 aromatic carbocycles. The van der Waals surface area contributed by atoms with Crippen molar-refractivity contribution >= 4 is 6.08 Å². The zero-order valence-corrected chi connectivity index (χ0v) is 9.93. The summed E-state index contributed by atoms with van der Waals surface area (Å²) in [7, 11) is 0. The molecule has 0 aliphatic heterocycles. The average Bonchev–Trinajstić information content (AvgIpc) is 2.38. The van der Waals surface area contributed by atoms with Gasteiger partial charge in [-0.2, -0.15) is 5.26 Å². The number of nitrogens with zero attached hydrogens (tertiary/aromatic N) is 1. The average molecular weight is 221 g/mol. The molecular formula is C16H15N. The van der Waals surface area contributed by atoms with Gasteiger partial charge in [0.2, 0.25) is 0 Å². The van der Waals surface area contributed by atoms with Gasteiger partial charge in [-0.25, -0.2) is 0 Å². The molecule has 17 heavy (non-hydrogen) atoms. The van der Waals surface area contributed by atoms with Crippen LogP contribution in [0, 0.1) is 11.3 Å². The fourth-order valence-electron chi connectivity index (χ4n) is 1.30. The Hall–Kier alpha value is -2.33. The summed E-state index contributed by atoms with van der Waals surface area (Å²) in [6.07, 6.45) is 9.12. The van der Waals surface area contributed by atoms with Gasteiger partial charge in [-0.05, 0) is 24.1 Å². The van der Waals surface area contributed by atoms with Crippen LogP contribution in [0.15, 0.2) is 72.4 Å². The van der Waals surface area contributed by atoms with Crippen molar-refractivity contribution in [2.45, 2.75) is 6.92 Å². The highest BCUT2D eigenvalue weighted by molar-refractivity contribution is 5.55. The summed E-state index contributed by atoms with van der Waals surface area (Å²) in [5, 5.41) is 8.99. The molecule has 84 valence electrons. The van der Waals surface area contributed by atoms with E-state index in [1.54, 1.807) is 18.2 Å². The maximum atomic E-state index is 8.99. The lowest BCUT2D eigenvalue weighted by Crippen LogP contribution is -1.78. The Morgan fingerprint density at radius 2 is 1.94 bits per heavy atom. The zero-order valence-electron chi connectivity index (χ0n) is 9.93. The predicted octanol–water partition coefficient (Wildman–Crippen LogP) is 4.28. The predicted molar refractivity (Wildman–Crippen MR) is 73.1 cm³/mol. The molecule has 0 amide bonds. The molecule has 0 fully saturated rings. The van der Waals surface area contributed by atoms with Gasteiger partial charge in [0.1, 0.15) is 0 Å². The molecule has 1 aromatic rings. The number of allylic oxidation sites excluding steroid dienone is 6. The van der Waals surface area contributed by atoms with E-state index in [0.29, 0.717) is 5.57 Å². The van der Waals surface area contributed by atoms with E-state index < -0.39 is 0 Å². The van der Waals surface area contributed by atoms with Crippen LogP contribution in [0.3, 0.4) is 0 Å². The summed E-state index contributed by atoms with van der Waals surface area (Å²) in [5.41, 5.74) is 2.71. The van der Waals surface area contributed by atoms with E-state index >= 15 is 0 Å². The first kappa shape index (κ1) is 12.7. The van der Waals surface area contributed by atoms with Crippen LogP contribution < -0.4 is 0 Å². The molecule has 0 saturated heterocycles. The zero-order chi connectivity index (χ0) is 12.5. The van der Waals surface area contributed by atoms with E-state index in [-0.39, 0.29) is 0 Å². The number of nitriles is 1. The van der Waals surface area contributed by atoms with Crippen LogP contribution in [0.1, 0.15) is 12.5 Å². The van der Waals surface area contributed by atoms with Gasteiger partial charge in [0.05, 0.1) is 11.6 Å². The van der Waals surface area contributed by atoms with Gasteiger partial charge in [0.25, 0.3) is 0 Å².